The number of aromatic nitrogens is 2. The number of hydrogen-bond acceptors (Lipinski definition) is 4. The highest BCUT2D eigenvalue weighted by molar-refractivity contribution is 9.10. The molecule has 0 aliphatic carbocycles. The van der Waals surface area contributed by atoms with E-state index in [1.807, 2.05) is 0 Å². The molecule has 6 nitrogen and oxygen atoms in total. The van der Waals surface area contributed by atoms with Crippen LogP contribution in [0, 0.1) is 10.1 Å². The molecule has 1 aromatic carbocycles. The summed E-state index contributed by atoms with van der Waals surface area (Å²) in [4.78, 5) is 10.2. The van der Waals surface area contributed by atoms with E-state index in [9.17, 15) is 10.1 Å². The second-order valence-electron chi connectivity index (χ2n) is 3.62. The highest BCUT2D eigenvalue weighted by Crippen LogP contribution is 2.21. The van der Waals surface area contributed by atoms with Crippen molar-refractivity contribution in [3.63, 3.8) is 0 Å². The molecule has 0 aliphatic rings. The van der Waals surface area contributed by atoms with Gasteiger partial charge in [-0.15, -0.1) is 0 Å². The Labute approximate surface area is 111 Å². The number of non-ortho nitro benzene ring substituents is 1. The Morgan fingerprint density at radius 1 is 1.50 bits per heavy atom. The molecule has 0 radical (unpaired) electrons. The molecule has 2 rings (SSSR count). The number of nitrogens with zero attached hydrogens (tertiary/aromatic N) is 3. The Morgan fingerprint density at radius 2 is 2.28 bits per heavy atom. The van der Waals surface area contributed by atoms with E-state index >= 15 is 0 Å². The minimum Gasteiger partial charge on any atom is -0.396 e. The van der Waals surface area contributed by atoms with E-state index < -0.39 is 4.92 Å². The van der Waals surface area contributed by atoms with Crippen LogP contribution in [0.2, 0.25) is 0 Å². The first-order valence-electron chi connectivity index (χ1n) is 5.21. The van der Waals surface area contributed by atoms with Gasteiger partial charge in [0.15, 0.2) is 0 Å². The van der Waals surface area contributed by atoms with Crippen molar-refractivity contribution in [3.05, 3.63) is 50.7 Å². The quantitative estimate of drug-likeness (QED) is 0.692. The Morgan fingerprint density at radius 3 is 2.94 bits per heavy atom. The van der Waals surface area contributed by atoms with Crippen LogP contribution in [-0.2, 0) is 6.42 Å². The molecule has 1 N–H and O–H groups in total. The van der Waals surface area contributed by atoms with Gasteiger partial charge in [0.2, 0.25) is 0 Å². The maximum absolute atomic E-state index is 10.7. The predicted octanol–water partition coefficient (Wildman–Crippen LogP) is 2.08. The lowest BCUT2D eigenvalue weighted by atomic mass is 10.3. The van der Waals surface area contributed by atoms with Gasteiger partial charge in [-0.25, -0.2) is 4.68 Å². The summed E-state index contributed by atoms with van der Waals surface area (Å²) >= 11 is 3.33. The SMILES string of the molecule is O=[N+]([O-])c1cccc(-n2cc(Br)c(CCO)n2)c1. The Kier molecular flexibility index (Phi) is 3.73. The number of benzene rings is 1. The van der Waals surface area contributed by atoms with Gasteiger partial charge in [0, 0.05) is 31.4 Å². The first-order valence-corrected chi connectivity index (χ1v) is 6.01. The molecule has 0 saturated carbocycles. The van der Waals surface area contributed by atoms with Gasteiger partial charge in [0.25, 0.3) is 5.69 Å². The van der Waals surface area contributed by atoms with Crippen LogP contribution in [0.5, 0.6) is 0 Å². The Hall–Kier alpha value is -1.73. The van der Waals surface area contributed by atoms with Crippen molar-refractivity contribution in [2.75, 3.05) is 6.61 Å². The predicted molar refractivity (Wildman–Crippen MR) is 68.7 cm³/mol. The maximum atomic E-state index is 10.7. The van der Waals surface area contributed by atoms with Crippen LogP contribution >= 0.6 is 15.9 Å². The molecular weight excluding hydrogens is 302 g/mol. The van der Waals surface area contributed by atoms with Crippen LogP contribution in [0.15, 0.2) is 34.9 Å². The Balaban J connectivity index is 2.39. The second kappa shape index (κ2) is 5.28. The third kappa shape index (κ3) is 2.57. The van der Waals surface area contributed by atoms with Crippen molar-refractivity contribution in [3.8, 4) is 5.69 Å². The van der Waals surface area contributed by atoms with Gasteiger partial charge in [-0.2, -0.15) is 5.10 Å². The van der Waals surface area contributed by atoms with Crippen LogP contribution in [0.25, 0.3) is 5.69 Å². The maximum Gasteiger partial charge on any atom is 0.271 e. The van der Waals surface area contributed by atoms with Gasteiger partial charge < -0.3 is 5.11 Å². The smallest absolute Gasteiger partial charge is 0.271 e. The highest BCUT2D eigenvalue weighted by Gasteiger charge is 2.10. The normalized spacial score (nSPS) is 10.6. The Bertz CT molecular complexity index is 583. The monoisotopic (exact) mass is 311 g/mol. The van der Waals surface area contributed by atoms with E-state index in [0.717, 1.165) is 4.47 Å². The van der Waals surface area contributed by atoms with Gasteiger partial charge in [-0.3, -0.25) is 10.1 Å². The summed E-state index contributed by atoms with van der Waals surface area (Å²) < 4.78 is 2.31. The summed E-state index contributed by atoms with van der Waals surface area (Å²) in [6.45, 7) is 0.00451. The fourth-order valence-electron chi connectivity index (χ4n) is 1.55. The number of rotatable bonds is 4. The number of aliphatic hydroxyl groups is 1. The molecule has 1 aromatic heterocycles. The molecule has 0 spiro atoms. The lowest BCUT2D eigenvalue weighted by Gasteiger charge is -2.00. The summed E-state index contributed by atoms with van der Waals surface area (Å²) in [6, 6.07) is 6.21. The molecule has 94 valence electrons. The number of nitro groups is 1. The largest absolute Gasteiger partial charge is 0.396 e. The average molecular weight is 312 g/mol. The summed E-state index contributed by atoms with van der Waals surface area (Å²) in [6.07, 6.45) is 2.15. The van der Waals surface area contributed by atoms with E-state index in [0.29, 0.717) is 17.8 Å². The van der Waals surface area contributed by atoms with Gasteiger partial charge in [-0.05, 0) is 22.0 Å². The van der Waals surface area contributed by atoms with E-state index in [2.05, 4.69) is 21.0 Å². The topological polar surface area (TPSA) is 81.2 Å². The average Bonchev–Trinajstić information content (AvgIpc) is 2.72. The van der Waals surface area contributed by atoms with Crippen LogP contribution in [0.4, 0.5) is 5.69 Å². The van der Waals surface area contributed by atoms with Crippen molar-refractivity contribution in [1.82, 2.24) is 9.78 Å². The molecule has 0 fully saturated rings. The third-order valence-electron chi connectivity index (χ3n) is 2.39. The minimum atomic E-state index is -0.448. The van der Waals surface area contributed by atoms with Gasteiger partial charge in [-0.1, -0.05) is 6.07 Å². The fourth-order valence-corrected chi connectivity index (χ4v) is 2.02. The molecule has 0 bridgehead atoms. The summed E-state index contributed by atoms with van der Waals surface area (Å²) in [5.41, 5.74) is 1.33. The zero-order chi connectivity index (χ0) is 13.1. The third-order valence-corrected chi connectivity index (χ3v) is 3.06. The van der Waals surface area contributed by atoms with E-state index in [4.69, 9.17) is 5.11 Å². The minimum absolute atomic E-state index is 0.00451. The zero-order valence-corrected chi connectivity index (χ0v) is 10.9. The van der Waals surface area contributed by atoms with Crippen molar-refractivity contribution < 1.29 is 10.0 Å². The van der Waals surface area contributed by atoms with E-state index in [1.54, 1.807) is 23.0 Å². The molecule has 2 aromatic rings. The van der Waals surface area contributed by atoms with Crippen molar-refractivity contribution in [2.45, 2.75) is 6.42 Å². The molecular formula is C11H10BrN3O3. The van der Waals surface area contributed by atoms with Gasteiger partial charge in [0.1, 0.15) is 0 Å². The number of aliphatic hydroxyl groups excluding tert-OH is 1. The van der Waals surface area contributed by atoms with Gasteiger partial charge >= 0.3 is 0 Å². The molecule has 1 heterocycles. The molecule has 0 unspecified atom stereocenters. The van der Waals surface area contributed by atoms with Crippen molar-refractivity contribution >= 4 is 21.6 Å². The molecule has 18 heavy (non-hydrogen) atoms. The number of hydrogen-bond donors (Lipinski definition) is 1. The van der Waals surface area contributed by atoms with Crippen LogP contribution in [0.3, 0.4) is 0 Å². The van der Waals surface area contributed by atoms with Crippen LogP contribution in [0.1, 0.15) is 5.69 Å². The fraction of sp³-hybridized carbons (Fsp3) is 0.182. The lowest BCUT2D eigenvalue weighted by molar-refractivity contribution is -0.384. The first-order chi connectivity index (χ1) is 8.61. The summed E-state index contributed by atoms with van der Waals surface area (Å²) in [5.74, 6) is 0. The molecule has 0 saturated heterocycles. The van der Waals surface area contributed by atoms with Crippen LogP contribution < -0.4 is 0 Å². The summed E-state index contributed by atoms with van der Waals surface area (Å²) in [5, 5.41) is 23.8. The van der Waals surface area contributed by atoms with Crippen molar-refractivity contribution in [1.29, 1.82) is 0 Å². The number of nitro benzene ring substituents is 1. The zero-order valence-electron chi connectivity index (χ0n) is 9.28. The number of halogens is 1. The molecule has 0 amide bonds. The molecule has 0 atom stereocenters. The van der Waals surface area contributed by atoms with E-state index in [-0.39, 0.29) is 12.3 Å². The lowest BCUT2D eigenvalue weighted by Crippen LogP contribution is -1.98. The van der Waals surface area contributed by atoms with E-state index in [1.165, 1.54) is 12.1 Å². The van der Waals surface area contributed by atoms with Crippen molar-refractivity contribution in [2.24, 2.45) is 0 Å². The molecule has 0 aliphatic heterocycles. The molecule has 7 heteroatoms. The standard InChI is InChI=1S/C11H10BrN3O3/c12-10-7-14(13-11(10)4-5-16)8-2-1-3-9(6-8)15(17)18/h1-3,6-7,16H,4-5H2. The summed E-state index contributed by atoms with van der Waals surface area (Å²) in [7, 11) is 0. The second-order valence-corrected chi connectivity index (χ2v) is 4.47. The highest BCUT2D eigenvalue weighted by atomic mass is 79.9. The first kappa shape index (κ1) is 12.7. The van der Waals surface area contributed by atoms with Crippen LogP contribution in [-0.4, -0.2) is 26.4 Å². The van der Waals surface area contributed by atoms with Gasteiger partial charge in [0.05, 0.1) is 20.8 Å².